The average molecular weight is 361 g/mol. The normalized spacial score (nSPS) is 18.6. The summed E-state index contributed by atoms with van der Waals surface area (Å²) in [4.78, 5) is 25.6. The van der Waals surface area contributed by atoms with E-state index in [-0.39, 0.29) is 31.0 Å². The molecule has 0 bridgehead atoms. The van der Waals surface area contributed by atoms with Crippen LogP contribution in [0, 0.1) is 0 Å². The molecule has 2 fully saturated rings. The molecule has 0 radical (unpaired) electrons. The first-order valence-corrected chi connectivity index (χ1v) is 9.50. The van der Waals surface area contributed by atoms with Crippen LogP contribution in [0.5, 0.6) is 5.75 Å². The van der Waals surface area contributed by atoms with Crippen molar-refractivity contribution in [2.24, 2.45) is 0 Å². The molecule has 6 nitrogen and oxygen atoms in total. The number of ether oxygens (including phenoxy) is 2. The molecule has 1 amide bonds. The molecule has 1 aromatic carbocycles. The first-order valence-electron chi connectivity index (χ1n) is 9.50. The van der Waals surface area contributed by atoms with Crippen LogP contribution < -0.4 is 4.74 Å². The number of amides is 1. The van der Waals surface area contributed by atoms with Crippen molar-refractivity contribution < 1.29 is 24.2 Å². The Bertz CT molecular complexity index is 603. The lowest BCUT2D eigenvalue weighted by atomic mass is 10.0. The maximum absolute atomic E-state index is 13.0. The zero-order valence-electron chi connectivity index (χ0n) is 15.1. The molecule has 1 aliphatic heterocycles. The Hall–Kier alpha value is -2.08. The van der Waals surface area contributed by atoms with Crippen LogP contribution in [0.3, 0.4) is 0 Å². The summed E-state index contributed by atoms with van der Waals surface area (Å²) in [7, 11) is 0. The van der Waals surface area contributed by atoms with Crippen molar-refractivity contribution >= 4 is 11.9 Å². The number of carboxylic acid groups (broad SMARTS) is 1. The van der Waals surface area contributed by atoms with Gasteiger partial charge in [-0.15, -0.1) is 0 Å². The van der Waals surface area contributed by atoms with Crippen molar-refractivity contribution in [3.8, 4) is 5.75 Å². The number of carboxylic acids is 1. The van der Waals surface area contributed by atoms with Crippen LogP contribution in [-0.4, -0.2) is 53.8 Å². The van der Waals surface area contributed by atoms with Gasteiger partial charge in [-0.05, 0) is 62.8 Å². The Labute approximate surface area is 154 Å². The fourth-order valence-corrected chi connectivity index (χ4v) is 3.70. The van der Waals surface area contributed by atoms with E-state index >= 15 is 0 Å². The molecule has 142 valence electrons. The summed E-state index contributed by atoms with van der Waals surface area (Å²) >= 11 is 0. The summed E-state index contributed by atoms with van der Waals surface area (Å²) in [5, 5.41) is 9.01. The average Bonchev–Trinajstić information content (AvgIpc) is 3.16. The van der Waals surface area contributed by atoms with Gasteiger partial charge in [-0.3, -0.25) is 9.59 Å². The van der Waals surface area contributed by atoms with Gasteiger partial charge in [0.1, 0.15) is 5.75 Å². The van der Waals surface area contributed by atoms with Crippen LogP contribution in [-0.2, 0) is 9.53 Å². The largest absolute Gasteiger partial charge is 0.490 e. The summed E-state index contributed by atoms with van der Waals surface area (Å²) in [6.45, 7) is 1.44. The minimum atomic E-state index is -0.893. The minimum Gasteiger partial charge on any atom is -0.490 e. The maximum Gasteiger partial charge on any atom is 0.305 e. The van der Waals surface area contributed by atoms with Crippen molar-refractivity contribution in [2.45, 2.75) is 57.1 Å². The lowest BCUT2D eigenvalue weighted by molar-refractivity contribution is -0.137. The zero-order valence-corrected chi connectivity index (χ0v) is 15.1. The maximum atomic E-state index is 13.0. The number of hydrogen-bond acceptors (Lipinski definition) is 4. The van der Waals surface area contributed by atoms with Crippen LogP contribution >= 0.6 is 0 Å². The van der Waals surface area contributed by atoms with Crippen molar-refractivity contribution in [3.05, 3.63) is 29.8 Å². The van der Waals surface area contributed by atoms with Gasteiger partial charge in [0.2, 0.25) is 0 Å². The van der Waals surface area contributed by atoms with Gasteiger partial charge in [-0.1, -0.05) is 0 Å². The summed E-state index contributed by atoms with van der Waals surface area (Å²) in [5.74, 6) is -0.225. The minimum absolute atomic E-state index is 0.0324. The summed E-state index contributed by atoms with van der Waals surface area (Å²) in [6.07, 6.45) is 6.33. The number of carbonyl (C=O) groups excluding carboxylic acids is 1. The third kappa shape index (κ3) is 4.97. The molecule has 0 atom stereocenters. The second-order valence-electron chi connectivity index (χ2n) is 7.03. The second-order valence-corrected chi connectivity index (χ2v) is 7.03. The molecule has 6 heteroatoms. The Morgan fingerprint density at radius 3 is 2.35 bits per heavy atom. The topological polar surface area (TPSA) is 76.1 Å². The molecule has 1 N–H and O–H groups in total. The van der Waals surface area contributed by atoms with E-state index in [2.05, 4.69) is 0 Å². The molecule has 3 rings (SSSR count). The standard InChI is InChI=1S/C20H27NO5/c22-19(23)9-12-21(16-10-13-25-14-11-16)20(24)15-5-7-18(8-6-15)26-17-3-1-2-4-17/h5-8,16-17H,1-4,9-14H2,(H,22,23). The summed E-state index contributed by atoms with van der Waals surface area (Å²) < 4.78 is 11.3. The van der Waals surface area contributed by atoms with Crippen LogP contribution in [0.2, 0.25) is 0 Å². The summed E-state index contributed by atoms with van der Waals surface area (Å²) in [6, 6.07) is 7.26. The van der Waals surface area contributed by atoms with Crippen molar-refractivity contribution in [1.82, 2.24) is 4.90 Å². The highest BCUT2D eigenvalue weighted by Gasteiger charge is 2.27. The predicted octanol–water partition coefficient (Wildman–Crippen LogP) is 3.10. The third-order valence-electron chi connectivity index (χ3n) is 5.17. The highest BCUT2D eigenvalue weighted by atomic mass is 16.5. The number of rotatable bonds is 7. The molecule has 1 heterocycles. The van der Waals surface area contributed by atoms with E-state index in [1.54, 1.807) is 17.0 Å². The molecule has 2 aliphatic rings. The third-order valence-corrected chi connectivity index (χ3v) is 5.17. The number of aliphatic carboxylic acids is 1. The highest BCUT2D eigenvalue weighted by Crippen LogP contribution is 2.25. The SMILES string of the molecule is O=C(O)CCN(C(=O)c1ccc(OC2CCCC2)cc1)C1CCOCC1. The highest BCUT2D eigenvalue weighted by molar-refractivity contribution is 5.94. The van der Waals surface area contributed by atoms with E-state index < -0.39 is 5.97 Å². The molecule has 0 aromatic heterocycles. The van der Waals surface area contributed by atoms with Crippen LogP contribution in [0.4, 0.5) is 0 Å². The van der Waals surface area contributed by atoms with E-state index in [0.717, 1.165) is 31.4 Å². The van der Waals surface area contributed by atoms with Gasteiger partial charge in [0.15, 0.2) is 0 Å². The Balaban J connectivity index is 1.67. The van der Waals surface area contributed by atoms with Crippen molar-refractivity contribution in [1.29, 1.82) is 0 Å². The van der Waals surface area contributed by atoms with E-state index in [1.165, 1.54) is 12.8 Å². The second kappa shape index (κ2) is 9.03. The van der Waals surface area contributed by atoms with Crippen molar-refractivity contribution in [2.75, 3.05) is 19.8 Å². The fraction of sp³-hybridized carbons (Fsp3) is 0.600. The predicted molar refractivity (Wildman–Crippen MR) is 96.5 cm³/mol. The first kappa shape index (κ1) is 18.7. The van der Waals surface area contributed by atoms with Gasteiger partial charge in [-0.25, -0.2) is 0 Å². The molecular formula is C20H27NO5. The van der Waals surface area contributed by atoms with Gasteiger partial charge in [-0.2, -0.15) is 0 Å². The molecule has 0 unspecified atom stereocenters. The smallest absolute Gasteiger partial charge is 0.305 e. The number of hydrogen-bond donors (Lipinski definition) is 1. The first-order chi connectivity index (χ1) is 12.6. The van der Waals surface area contributed by atoms with Gasteiger partial charge < -0.3 is 19.5 Å². The monoisotopic (exact) mass is 361 g/mol. The molecular weight excluding hydrogens is 334 g/mol. The Morgan fingerprint density at radius 2 is 1.73 bits per heavy atom. The molecule has 26 heavy (non-hydrogen) atoms. The lowest BCUT2D eigenvalue weighted by Gasteiger charge is -2.34. The van der Waals surface area contributed by atoms with Crippen LogP contribution in [0.1, 0.15) is 55.3 Å². The molecule has 0 spiro atoms. The van der Waals surface area contributed by atoms with Crippen LogP contribution in [0.15, 0.2) is 24.3 Å². The van der Waals surface area contributed by atoms with Gasteiger partial charge in [0, 0.05) is 31.4 Å². The molecule has 1 aliphatic carbocycles. The summed E-state index contributed by atoms with van der Waals surface area (Å²) in [5.41, 5.74) is 0.570. The van der Waals surface area contributed by atoms with Crippen molar-refractivity contribution in [3.63, 3.8) is 0 Å². The molecule has 1 saturated carbocycles. The van der Waals surface area contributed by atoms with E-state index in [1.807, 2.05) is 12.1 Å². The van der Waals surface area contributed by atoms with E-state index in [9.17, 15) is 9.59 Å². The number of carbonyl (C=O) groups is 2. The number of benzene rings is 1. The fourth-order valence-electron chi connectivity index (χ4n) is 3.70. The van der Waals surface area contributed by atoms with E-state index in [4.69, 9.17) is 14.6 Å². The van der Waals surface area contributed by atoms with Gasteiger partial charge in [0.25, 0.3) is 5.91 Å². The zero-order chi connectivity index (χ0) is 18.4. The Morgan fingerprint density at radius 1 is 1.08 bits per heavy atom. The van der Waals surface area contributed by atoms with E-state index in [0.29, 0.717) is 18.8 Å². The lowest BCUT2D eigenvalue weighted by Crippen LogP contribution is -2.44. The number of nitrogens with zero attached hydrogens (tertiary/aromatic N) is 1. The van der Waals surface area contributed by atoms with Crippen LogP contribution in [0.25, 0.3) is 0 Å². The van der Waals surface area contributed by atoms with Gasteiger partial charge >= 0.3 is 5.97 Å². The molecule has 1 saturated heterocycles. The quantitative estimate of drug-likeness (QED) is 0.808. The van der Waals surface area contributed by atoms with Gasteiger partial charge in [0.05, 0.1) is 12.5 Å². The Kier molecular flexibility index (Phi) is 6.50. The molecule has 1 aromatic rings.